The van der Waals surface area contributed by atoms with Gasteiger partial charge in [0.15, 0.2) is 5.17 Å². The van der Waals surface area contributed by atoms with Crippen molar-refractivity contribution in [1.29, 1.82) is 5.41 Å². The third-order valence-corrected chi connectivity index (χ3v) is 3.22. The molecule has 0 atom stereocenters. The number of nitrogens with one attached hydrogen (secondary N) is 1. The second-order valence-corrected chi connectivity index (χ2v) is 5.36. The van der Waals surface area contributed by atoms with Crippen molar-refractivity contribution in [1.82, 2.24) is 0 Å². The van der Waals surface area contributed by atoms with E-state index in [0.717, 1.165) is 22.9 Å². The number of benzene rings is 2. The summed E-state index contributed by atoms with van der Waals surface area (Å²) in [7, 11) is 0. The Hall–Kier alpha value is -2.31. The lowest BCUT2D eigenvalue weighted by Crippen LogP contribution is -2.11. The highest BCUT2D eigenvalue weighted by Gasteiger charge is 2.06. The molecule has 0 bridgehead atoms. The first-order valence-electron chi connectivity index (χ1n) is 6.67. The van der Waals surface area contributed by atoms with Crippen LogP contribution in [0.15, 0.2) is 65.7 Å². The van der Waals surface area contributed by atoms with E-state index in [1.165, 1.54) is 0 Å². The van der Waals surface area contributed by atoms with Crippen LogP contribution in [0.4, 0.5) is 0 Å². The van der Waals surface area contributed by atoms with Gasteiger partial charge in [-0.2, -0.15) is 4.89 Å². The highest BCUT2D eigenvalue weighted by atomic mass is 32.2. The fraction of sp³-hybridized carbons (Fsp3) is 0.125. The summed E-state index contributed by atoms with van der Waals surface area (Å²) >= 11 is 0.918. The minimum atomic E-state index is -0.102. The van der Waals surface area contributed by atoms with E-state index in [1.807, 2.05) is 60.7 Å². The summed E-state index contributed by atoms with van der Waals surface area (Å²) in [4.78, 5) is 14.6. The SMILES string of the molecule is N=C(N)SC(=NCc1ccccc1)OOCc1ccccc1. The van der Waals surface area contributed by atoms with Crippen LogP contribution in [0.25, 0.3) is 0 Å². The van der Waals surface area contributed by atoms with Gasteiger partial charge in [0.2, 0.25) is 0 Å². The monoisotopic (exact) mass is 315 g/mol. The largest absolute Gasteiger partial charge is 0.378 e. The van der Waals surface area contributed by atoms with Crippen LogP contribution in [0.1, 0.15) is 11.1 Å². The van der Waals surface area contributed by atoms with Crippen LogP contribution in [-0.2, 0) is 22.9 Å². The fourth-order valence-corrected chi connectivity index (χ4v) is 2.03. The van der Waals surface area contributed by atoms with Gasteiger partial charge in [0, 0.05) is 11.8 Å². The minimum Gasteiger partial charge on any atom is -0.378 e. The van der Waals surface area contributed by atoms with Crippen LogP contribution < -0.4 is 5.73 Å². The number of rotatable bonds is 5. The lowest BCUT2D eigenvalue weighted by molar-refractivity contribution is -0.229. The lowest BCUT2D eigenvalue weighted by Gasteiger charge is -2.07. The Kier molecular flexibility index (Phi) is 6.47. The quantitative estimate of drug-likeness (QED) is 0.384. The predicted octanol–water partition coefficient (Wildman–Crippen LogP) is 3.32. The first kappa shape index (κ1) is 16.1. The number of amidine groups is 1. The van der Waals surface area contributed by atoms with Crippen LogP contribution in [-0.4, -0.2) is 10.4 Å². The number of hydrogen-bond donors (Lipinski definition) is 2. The summed E-state index contributed by atoms with van der Waals surface area (Å²) in [5, 5.41) is 7.45. The molecule has 0 amide bonds. The maximum Gasteiger partial charge on any atom is 0.294 e. The Bertz CT molecular complexity index is 618. The molecule has 0 fully saturated rings. The van der Waals surface area contributed by atoms with Crippen molar-refractivity contribution in [2.24, 2.45) is 10.7 Å². The molecular formula is C16H17N3O2S. The minimum absolute atomic E-state index is 0.102. The standard InChI is InChI=1S/C16H17N3O2S/c17-15(18)22-16(19-11-13-7-3-1-4-8-13)21-20-12-14-9-5-2-6-10-14/h1-10H,11-12H2,(H3,17,18). The zero-order chi connectivity index (χ0) is 15.6. The van der Waals surface area contributed by atoms with E-state index in [1.54, 1.807) is 0 Å². The van der Waals surface area contributed by atoms with Crippen molar-refractivity contribution < 1.29 is 9.78 Å². The van der Waals surface area contributed by atoms with E-state index in [2.05, 4.69) is 4.99 Å². The van der Waals surface area contributed by atoms with Crippen LogP contribution in [0, 0.1) is 5.41 Å². The van der Waals surface area contributed by atoms with Gasteiger partial charge in [-0.15, -0.1) is 0 Å². The third-order valence-electron chi connectivity index (χ3n) is 2.63. The first-order valence-corrected chi connectivity index (χ1v) is 7.49. The summed E-state index contributed by atoms with van der Waals surface area (Å²) in [5.74, 6) is 0. The summed E-state index contributed by atoms with van der Waals surface area (Å²) in [5.41, 5.74) is 7.40. The van der Waals surface area contributed by atoms with Gasteiger partial charge >= 0.3 is 0 Å². The van der Waals surface area contributed by atoms with Gasteiger partial charge in [0.25, 0.3) is 5.23 Å². The number of nitrogens with two attached hydrogens (primary N) is 1. The highest BCUT2D eigenvalue weighted by molar-refractivity contribution is 8.26. The molecule has 2 rings (SSSR count). The van der Waals surface area contributed by atoms with E-state index in [0.29, 0.717) is 13.2 Å². The lowest BCUT2D eigenvalue weighted by atomic mass is 10.2. The van der Waals surface area contributed by atoms with Gasteiger partial charge in [-0.1, -0.05) is 60.7 Å². The second kappa shape index (κ2) is 8.86. The van der Waals surface area contributed by atoms with E-state index < -0.39 is 0 Å². The molecule has 0 aliphatic rings. The first-order chi connectivity index (χ1) is 10.7. The molecule has 5 nitrogen and oxygen atoms in total. The molecule has 0 aliphatic heterocycles. The molecule has 3 N–H and O–H groups in total. The molecule has 22 heavy (non-hydrogen) atoms. The predicted molar refractivity (Wildman–Crippen MR) is 89.4 cm³/mol. The number of nitrogens with zero attached hydrogens (tertiary/aromatic N) is 1. The zero-order valence-corrected chi connectivity index (χ0v) is 12.8. The van der Waals surface area contributed by atoms with Gasteiger partial charge in [-0.3, -0.25) is 5.41 Å². The molecule has 0 aromatic heterocycles. The Morgan fingerprint density at radius 3 is 2.18 bits per heavy atom. The molecule has 0 saturated carbocycles. The second-order valence-electron chi connectivity index (χ2n) is 4.37. The Morgan fingerprint density at radius 1 is 1.00 bits per heavy atom. The smallest absolute Gasteiger partial charge is 0.294 e. The maximum atomic E-state index is 7.33. The normalized spacial score (nSPS) is 11.2. The van der Waals surface area contributed by atoms with Crippen molar-refractivity contribution >= 4 is 22.2 Å². The summed E-state index contributed by atoms with van der Waals surface area (Å²) in [6.07, 6.45) is 0. The molecule has 2 aromatic carbocycles. The van der Waals surface area contributed by atoms with Gasteiger partial charge in [0.05, 0.1) is 6.54 Å². The molecule has 6 heteroatoms. The van der Waals surface area contributed by atoms with E-state index in [4.69, 9.17) is 20.9 Å². The molecule has 0 heterocycles. The molecule has 114 valence electrons. The van der Waals surface area contributed by atoms with Crippen molar-refractivity contribution in [3.05, 3.63) is 71.8 Å². The Morgan fingerprint density at radius 2 is 1.59 bits per heavy atom. The van der Waals surface area contributed by atoms with Crippen molar-refractivity contribution in [2.45, 2.75) is 13.2 Å². The summed E-state index contributed by atoms with van der Waals surface area (Å²) in [6, 6.07) is 19.4. The van der Waals surface area contributed by atoms with Crippen molar-refractivity contribution in [2.75, 3.05) is 0 Å². The molecular weight excluding hydrogens is 298 g/mol. The average Bonchev–Trinajstić information content (AvgIpc) is 2.54. The van der Waals surface area contributed by atoms with Crippen molar-refractivity contribution in [3.8, 4) is 0 Å². The maximum absolute atomic E-state index is 7.33. The van der Waals surface area contributed by atoms with Gasteiger partial charge in [-0.05, 0) is 11.1 Å². The molecule has 0 saturated heterocycles. The van der Waals surface area contributed by atoms with E-state index in [-0.39, 0.29) is 10.4 Å². The van der Waals surface area contributed by atoms with E-state index in [9.17, 15) is 0 Å². The molecule has 0 unspecified atom stereocenters. The fourth-order valence-electron chi connectivity index (χ4n) is 1.63. The zero-order valence-electron chi connectivity index (χ0n) is 11.9. The van der Waals surface area contributed by atoms with Gasteiger partial charge in [-0.25, -0.2) is 4.99 Å². The number of aliphatic imine (C=N–C) groups is 1. The average molecular weight is 315 g/mol. The molecule has 0 spiro atoms. The van der Waals surface area contributed by atoms with Crippen LogP contribution >= 0.6 is 11.8 Å². The molecule has 2 aromatic rings. The van der Waals surface area contributed by atoms with Crippen LogP contribution in [0.3, 0.4) is 0 Å². The Labute approximate surface area is 133 Å². The third kappa shape index (κ3) is 5.99. The Balaban J connectivity index is 1.89. The molecule has 0 radical (unpaired) electrons. The van der Waals surface area contributed by atoms with E-state index >= 15 is 0 Å². The van der Waals surface area contributed by atoms with Crippen LogP contribution in [0.2, 0.25) is 0 Å². The number of thioether (sulfide) groups is 1. The van der Waals surface area contributed by atoms with Crippen LogP contribution in [0.5, 0.6) is 0 Å². The molecule has 0 aliphatic carbocycles. The summed E-state index contributed by atoms with van der Waals surface area (Å²) in [6.45, 7) is 0.731. The van der Waals surface area contributed by atoms with Gasteiger partial charge in [0.1, 0.15) is 6.61 Å². The summed E-state index contributed by atoms with van der Waals surface area (Å²) < 4.78 is 0. The highest BCUT2D eigenvalue weighted by Crippen LogP contribution is 2.10. The topological polar surface area (TPSA) is 80.7 Å². The number of hydrogen-bond acceptors (Lipinski definition) is 5. The van der Waals surface area contributed by atoms with Gasteiger partial charge < -0.3 is 10.6 Å². The van der Waals surface area contributed by atoms with Crippen molar-refractivity contribution in [3.63, 3.8) is 0 Å².